The third-order valence-corrected chi connectivity index (χ3v) is 3.94. The number of hydrogen-bond acceptors (Lipinski definition) is 4. The Morgan fingerprint density at radius 1 is 1.24 bits per heavy atom. The van der Waals surface area contributed by atoms with Crippen molar-refractivity contribution in [2.75, 3.05) is 6.79 Å². The van der Waals surface area contributed by atoms with E-state index in [1.807, 2.05) is 28.8 Å². The summed E-state index contributed by atoms with van der Waals surface area (Å²) >= 11 is 9.44. The highest BCUT2D eigenvalue weighted by molar-refractivity contribution is 9.10. The van der Waals surface area contributed by atoms with Crippen LogP contribution in [-0.2, 0) is 5.88 Å². The van der Waals surface area contributed by atoms with Gasteiger partial charge in [0.05, 0.1) is 11.6 Å². The average molecular weight is 367 g/mol. The number of hydrogen-bond donors (Lipinski definition) is 0. The Morgan fingerprint density at radius 2 is 2.10 bits per heavy atom. The Morgan fingerprint density at radius 3 is 2.95 bits per heavy atom. The van der Waals surface area contributed by atoms with Crippen LogP contribution in [0.5, 0.6) is 11.5 Å². The Kier molecular flexibility index (Phi) is 3.01. The lowest BCUT2D eigenvalue weighted by atomic mass is 10.2. The Balaban J connectivity index is 1.96. The normalized spacial score (nSPS) is 13.0. The number of pyridine rings is 1. The summed E-state index contributed by atoms with van der Waals surface area (Å²) in [6.45, 7) is 0.247. The number of imidazole rings is 1. The number of nitrogens with zero attached hydrogens (tertiary/aromatic N) is 3. The van der Waals surface area contributed by atoms with Gasteiger partial charge in [0.2, 0.25) is 6.79 Å². The predicted molar refractivity (Wildman–Crippen MR) is 82.2 cm³/mol. The number of halogens is 2. The van der Waals surface area contributed by atoms with Gasteiger partial charge in [-0.15, -0.1) is 11.6 Å². The minimum absolute atomic E-state index is 0.247. The predicted octanol–water partition coefficient (Wildman–Crippen LogP) is 3.65. The quantitative estimate of drug-likeness (QED) is 0.650. The second-order valence-corrected chi connectivity index (χ2v) is 5.71. The first-order valence-electron chi connectivity index (χ1n) is 6.25. The fourth-order valence-corrected chi connectivity index (χ4v) is 2.87. The van der Waals surface area contributed by atoms with Gasteiger partial charge < -0.3 is 9.47 Å². The Labute approximate surface area is 133 Å². The van der Waals surface area contributed by atoms with E-state index in [0.29, 0.717) is 11.6 Å². The van der Waals surface area contributed by atoms with Gasteiger partial charge >= 0.3 is 0 Å². The lowest BCUT2D eigenvalue weighted by Gasteiger charge is -2.08. The molecule has 0 spiro atoms. The highest BCUT2D eigenvalue weighted by atomic mass is 79.9. The van der Waals surface area contributed by atoms with Gasteiger partial charge in [-0.3, -0.25) is 4.57 Å². The molecule has 0 radical (unpaired) electrons. The van der Waals surface area contributed by atoms with Crippen LogP contribution in [0.25, 0.3) is 16.9 Å². The molecule has 0 saturated heterocycles. The van der Waals surface area contributed by atoms with Crippen LogP contribution in [0.3, 0.4) is 0 Å². The molecule has 0 saturated carbocycles. The van der Waals surface area contributed by atoms with Crippen LogP contribution < -0.4 is 9.47 Å². The maximum Gasteiger partial charge on any atom is 0.231 e. The second-order valence-electron chi connectivity index (χ2n) is 4.53. The van der Waals surface area contributed by atoms with Gasteiger partial charge in [-0.05, 0) is 34.1 Å². The number of aromatic nitrogens is 3. The summed E-state index contributed by atoms with van der Waals surface area (Å²) in [5.41, 5.74) is 2.44. The van der Waals surface area contributed by atoms with Gasteiger partial charge in [0, 0.05) is 16.7 Å². The summed E-state index contributed by atoms with van der Waals surface area (Å²) in [5, 5.41) is 0. The first-order chi connectivity index (χ1) is 10.3. The molecule has 21 heavy (non-hydrogen) atoms. The molecule has 1 aliphatic heterocycles. The van der Waals surface area contributed by atoms with Crippen molar-refractivity contribution < 1.29 is 9.47 Å². The van der Waals surface area contributed by atoms with Crippen LogP contribution in [0.15, 0.2) is 34.9 Å². The first kappa shape index (κ1) is 12.9. The molecule has 5 nitrogen and oxygen atoms in total. The standard InChI is InChI=1S/C14H9BrClN3O2/c15-8-3-10-14(17-6-8)19(13(5-16)18-10)9-1-2-11-12(4-9)21-7-20-11/h1-4,6H,5,7H2. The minimum Gasteiger partial charge on any atom is -0.454 e. The maximum absolute atomic E-state index is 6.03. The summed E-state index contributed by atoms with van der Waals surface area (Å²) < 4.78 is 13.6. The fourth-order valence-electron chi connectivity index (χ4n) is 2.37. The minimum atomic E-state index is 0.247. The third kappa shape index (κ3) is 2.06. The summed E-state index contributed by atoms with van der Waals surface area (Å²) in [7, 11) is 0. The van der Waals surface area contributed by atoms with Gasteiger partial charge in [-0.1, -0.05) is 0 Å². The lowest BCUT2D eigenvalue weighted by molar-refractivity contribution is 0.174. The first-order valence-corrected chi connectivity index (χ1v) is 7.58. The largest absolute Gasteiger partial charge is 0.454 e. The Hall–Kier alpha value is -1.79. The molecule has 2 aromatic heterocycles. The van der Waals surface area contributed by atoms with E-state index in [0.717, 1.165) is 32.9 Å². The van der Waals surface area contributed by atoms with Gasteiger partial charge in [0.1, 0.15) is 11.3 Å². The molecule has 106 valence electrons. The SMILES string of the molecule is ClCc1nc2cc(Br)cnc2n1-c1ccc2c(c1)OCO2. The monoisotopic (exact) mass is 365 g/mol. The van der Waals surface area contributed by atoms with Crippen LogP contribution in [0.2, 0.25) is 0 Å². The summed E-state index contributed by atoms with van der Waals surface area (Å²) in [6, 6.07) is 7.64. The molecular formula is C14H9BrClN3O2. The molecule has 0 N–H and O–H groups in total. The zero-order chi connectivity index (χ0) is 14.4. The molecule has 3 aromatic rings. The van der Waals surface area contributed by atoms with Crippen molar-refractivity contribution in [3.8, 4) is 17.2 Å². The van der Waals surface area contributed by atoms with Crippen molar-refractivity contribution in [1.29, 1.82) is 0 Å². The maximum atomic E-state index is 6.03. The molecule has 0 atom stereocenters. The molecular weight excluding hydrogens is 358 g/mol. The number of benzene rings is 1. The van der Waals surface area contributed by atoms with Crippen LogP contribution in [0.4, 0.5) is 0 Å². The van der Waals surface area contributed by atoms with Gasteiger partial charge in [-0.25, -0.2) is 9.97 Å². The van der Waals surface area contributed by atoms with E-state index >= 15 is 0 Å². The smallest absolute Gasteiger partial charge is 0.231 e. The molecule has 0 unspecified atom stereocenters. The van der Waals surface area contributed by atoms with Crippen LogP contribution in [-0.4, -0.2) is 21.3 Å². The Bertz CT molecular complexity index is 850. The van der Waals surface area contributed by atoms with E-state index < -0.39 is 0 Å². The van der Waals surface area contributed by atoms with Gasteiger partial charge in [0.25, 0.3) is 0 Å². The molecule has 4 rings (SSSR count). The number of rotatable bonds is 2. The third-order valence-electron chi connectivity index (χ3n) is 3.27. The molecule has 0 aliphatic carbocycles. The number of alkyl halides is 1. The molecule has 7 heteroatoms. The van der Waals surface area contributed by atoms with E-state index in [2.05, 4.69) is 25.9 Å². The molecule has 1 aromatic carbocycles. The summed E-state index contributed by atoms with van der Waals surface area (Å²) in [6.07, 6.45) is 1.74. The highest BCUT2D eigenvalue weighted by Crippen LogP contribution is 2.35. The molecule has 1 aliphatic rings. The fraction of sp³-hybridized carbons (Fsp3) is 0.143. The second kappa shape index (κ2) is 4.89. The highest BCUT2D eigenvalue weighted by Gasteiger charge is 2.18. The van der Waals surface area contributed by atoms with Gasteiger partial charge in [-0.2, -0.15) is 0 Å². The van der Waals surface area contributed by atoms with Crippen LogP contribution in [0, 0.1) is 0 Å². The van der Waals surface area contributed by atoms with Crippen molar-refractivity contribution in [3.63, 3.8) is 0 Å². The molecule has 0 fully saturated rings. The lowest BCUT2D eigenvalue weighted by Crippen LogP contribution is -2.00. The van der Waals surface area contributed by atoms with Gasteiger partial charge in [0.15, 0.2) is 17.1 Å². The van der Waals surface area contributed by atoms with Crippen molar-refractivity contribution >= 4 is 38.7 Å². The zero-order valence-electron chi connectivity index (χ0n) is 10.7. The van der Waals surface area contributed by atoms with Crippen LogP contribution >= 0.6 is 27.5 Å². The molecule has 0 amide bonds. The topological polar surface area (TPSA) is 49.2 Å². The van der Waals surface area contributed by atoms with Crippen LogP contribution in [0.1, 0.15) is 5.82 Å². The average Bonchev–Trinajstić information content (AvgIpc) is 3.09. The van der Waals surface area contributed by atoms with E-state index in [4.69, 9.17) is 21.1 Å². The van der Waals surface area contributed by atoms with E-state index in [-0.39, 0.29) is 6.79 Å². The molecule has 0 bridgehead atoms. The number of ether oxygens (including phenoxy) is 2. The van der Waals surface area contributed by atoms with Crippen molar-refractivity contribution in [3.05, 3.63) is 40.8 Å². The molecule has 3 heterocycles. The summed E-state index contributed by atoms with van der Waals surface area (Å²) in [4.78, 5) is 8.97. The van der Waals surface area contributed by atoms with Crippen molar-refractivity contribution in [2.24, 2.45) is 0 Å². The van der Waals surface area contributed by atoms with E-state index in [1.54, 1.807) is 6.20 Å². The summed E-state index contributed by atoms with van der Waals surface area (Å²) in [5.74, 6) is 2.48. The number of fused-ring (bicyclic) bond motifs is 2. The van der Waals surface area contributed by atoms with E-state index in [9.17, 15) is 0 Å². The van der Waals surface area contributed by atoms with E-state index in [1.165, 1.54) is 0 Å². The zero-order valence-corrected chi connectivity index (χ0v) is 13.1. The van der Waals surface area contributed by atoms with Crippen molar-refractivity contribution in [1.82, 2.24) is 14.5 Å². The van der Waals surface area contributed by atoms with Crippen molar-refractivity contribution in [2.45, 2.75) is 5.88 Å².